The van der Waals surface area contributed by atoms with Crippen molar-refractivity contribution >= 4 is 38.8 Å². The van der Waals surface area contributed by atoms with Crippen LogP contribution in [0.1, 0.15) is 32.1 Å². The summed E-state index contributed by atoms with van der Waals surface area (Å²) in [5, 5.41) is 4.63. The molecule has 5 rings (SSSR count). The molecule has 0 aromatic carbocycles. The number of carbonyl (C=O) groups excluding carboxylic acids is 1. The molecule has 0 radical (unpaired) electrons. The first-order chi connectivity index (χ1) is 13.2. The molecule has 27 heavy (non-hydrogen) atoms. The van der Waals surface area contributed by atoms with Crippen molar-refractivity contribution in [3.05, 3.63) is 39.6 Å². The fraction of sp³-hybridized carbons (Fsp3) is 0.450. The fourth-order valence-corrected chi connectivity index (χ4v) is 6.41. The van der Waals surface area contributed by atoms with Crippen molar-refractivity contribution in [3.63, 3.8) is 0 Å². The van der Waals surface area contributed by atoms with Gasteiger partial charge < -0.3 is 4.90 Å². The zero-order valence-electron chi connectivity index (χ0n) is 15.0. The SMILES string of the molecule is O=C(Cn1cnc2scc(-c3cccs3)c2c1=O)N1CCC[C@@H]2CCC[C@H]21. The molecule has 0 N–H and O–H groups in total. The summed E-state index contributed by atoms with van der Waals surface area (Å²) in [5.41, 5.74) is 0.816. The molecule has 3 aromatic rings. The van der Waals surface area contributed by atoms with Gasteiger partial charge in [0, 0.05) is 28.4 Å². The number of carbonyl (C=O) groups is 1. The second-order valence-corrected chi connectivity index (χ2v) is 9.28. The molecule has 1 aliphatic heterocycles. The third-order valence-corrected chi connectivity index (χ3v) is 7.76. The molecule has 0 bridgehead atoms. The van der Waals surface area contributed by atoms with Crippen molar-refractivity contribution in [2.45, 2.75) is 44.7 Å². The lowest BCUT2D eigenvalue weighted by Gasteiger charge is -2.37. The topological polar surface area (TPSA) is 55.2 Å². The minimum atomic E-state index is -0.113. The van der Waals surface area contributed by atoms with Gasteiger partial charge in [-0.25, -0.2) is 4.98 Å². The van der Waals surface area contributed by atoms with Crippen LogP contribution in [0.15, 0.2) is 34.0 Å². The molecule has 1 saturated carbocycles. The molecule has 5 nitrogen and oxygen atoms in total. The highest BCUT2D eigenvalue weighted by Crippen LogP contribution is 2.37. The molecule has 1 aliphatic carbocycles. The van der Waals surface area contributed by atoms with Gasteiger partial charge in [-0.1, -0.05) is 12.5 Å². The van der Waals surface area contributed by atoms with Crippen molar-refractivity contribution in [2.24, 2.45) is 5.92 Å². The molecule has 2 atom stereocenters. The number of hydrogen-bond donors (Lipinski definition) is 0. The van der Waals surface area contributed by atoms with Crippen molar-refractivity contribution in [3.8, 4) is 10.4 Å². The molecule has 140 valence electrons. The highest BCUT2D eigenvalue weighted by atomic mass is 32.1. The molecule has 1 amide bonds. The van der Waals surface area contributed by atoms with Crippen molar-refractivity contribution in [2.75, 3.05) is 6.54 Å². The number of hydrogen-bond acceptors (Lipinski definition) is 5. The van der Waals surface area contributed by atoms with Crippen LogP contribution < -0.4 is 5.56 Å². The highest BCUT2D eigenvalue weighted by molar-refractivity contribution is 7.18. The maximum Gasteiger partial charge on any atom is 0.263 e. The number of amides is 1. The lowest BCUT2D eigenvalue weighted by Crippen LogP contribution is -2.48. The molecule has 7 heteroatoms. The van der Waals surface area contributed by atoms with Gasteiger partial charge in [-0.3, -0.25) is 14.2 Å². The average Bonchev–Trinajstić information content (AvgIpc) is 3.43. The first kappa shape index (κ1) is 17.1. The monoisotopic (exact) mass is 399 g/mol. The molecule has 3 aromatic heterocycles. The van der Waals surface area contributed by atoms with E-state index in [1.165, 1.54) is 41.5 Å². The Kier molecular flexibility index (Phi) is 4.36. The summed E-state index contributed by atoms with van der Waals surface area (Å²) in [7, 11) is 0. The lowest BCUT2D eigenvalue weighted by molar-refractivity contribution is -0.136. The highest BCUT2D eigenvalue weighted by Gasteiger charge is 2.37. The van der Waals surface area contributed by atoms with E-state index < -0.39 is 0 Å². The minimum absolute atomic E-state index is 0.0581. The predicted octanol–water partition coefficient (Wildman–Crippen LogP) is 3.98. The predicted molar refractivity (Wildman–Crippen MR) is 109 cm³/mol. The molecular weight excluding hydrogens is 378 g/mol. The van der Waals surface area contributed by atoms with Crippen LogP contribution in [-0.2, 0) is 11.3 Å². The maximum atomic E-state index is 13.1. The Morgan fingerprint density at radius 3 is 2.96 bits per heavy atom. The fourth-order valence-electron chi connectivity index (χ4n) is 4.69. The van der Waals surface area contributed by atoms with Crippen LogP contribution in [-0.4, -0.2) is 32.9 Å². The summed E-state index contributed by atoms with van der Waals surface area (Å²) >= 11 is 3.09. The minimum Gasteiger partial charge on any atom is -0.338 e. The number of nitrogens with zero attached hydrogens (tertiary/aromatic N) is 3. The van der Waals surface area contributed by atoms with Crippen LogP contribution in [0.2, 0.25) is 0 Å². The molecule has 0 unspecified atom stereocenters. The van der Waals surface area contributed by atoms with E-state index in [1.54, 1.807) is 11.3 Å². The number of fused-ring (bicyclic) bond motifs is 2. The molecule has 2 aliphatic rings. The Bertz CT molecular complexity index is 1040. The molecule has 0 spiro atoms. The van der Waals surface area contributed by atoms with Gasteiger partial charge in [0.25, 0.3) is 5.56 Å². The Balaban J connectivity index is 1.47. The average molecular weight is 400 g/mol. The third-order valence-electron chi connectivity index (χ3n) is 5.97. The molecule has 1 saturated heterocycles. The van der Waals surface area contributed by atoms with E-state index in [2.05, 4.69) is 4.98 Å². The van der Waals surface area contributed by atoms with Gasteiger partial charge in [0.1, 0.15) is 11.4 Å². The van der Waals surface area contributed by atoms with Gasteiger partial charge in [0.05, 0.1) is 11.7 Å². The Hall–Kier alpha value is -1.99. The van der Waals surface area contributed by atoms with Crippen LogP contribution in [0, 0.1) is 5.92 Å². The quantitative estimate of drug-likeness (QED) is 0.669. The van der Waals surface area contributed by atoms with Crippen molar-refractivity contribution in [1.29, 1.82) is 0 Å². The molecule has 2 fully saturated rings. The van der Waals surface area contributed by atoms with Crippen molar-refractivity contribution in [1.82, 2.24) is 14.5 Å². The number of thiophene rings is 2. The smallest absolute Gasteiger partial charge is 0.263 e. The van der Waals surface area contributed by atoms with E-state index in [0.29, 0.717) is 17.3 Å². The summed E-state index contributed by atoms with van der Waals surface area (Å²) < 4.78 is 1.49. The Morgan fingerprint density at radius 1 is 1.22 bits per heavy atom. The molecular formula is C20H21N3O2S2. The van der Waals surface area contributed by atoms with Crippen LogP contribution in [0.4, 0.5) is 0 Å². The summed E-state index contributed by atoms with van der Waals surface area (Å²) in [6.07, 6.45) is 7.41. The van der Waals surface area contributed by atoms with Gasteiger partial charge in [-0.2, -0.15) is 0 Å². The van der Waals surface area contributed by atoms with Crippen LogP contribution in [0.25, 0.3) is 20.7 Å². The van der Waals surface area contributed by atoms with Crippen LogP contribution in [0.5, 0.6) is 0 Å². The van der Waals surface area contributed by atoms with E-state index in [1.807, 2.05) is 27.8 Å². The standard InChI is InChI=1S/C20H21N3O2S2/c24-17(23-8-2-5-13-4-1-6-15(13)23)10-22-12-21-19-18(20(22)25)14(11-27-19)16-7-3-9-26-16/h3,7,9,11-13,15H,1-2,4-6,8,10H2/t13-,15+/m0/s1. The largest absolute Gasteiger partial charge is 0.338 e. The summed E-state index contributed by atoms with van der Waals surface area (Å²) in [6.45, 7) is 0.911. The third kappa shape index (κ3) is 2.93. The first-order valence-electron chi connectivity index (χ1n) is 9.52. The Morgan fingerprint density at radius 2 is 2.11 bits per heavy atom. The number of aromatic nitrogens is 2. The second kappa shape index (κ2) is 6.87. The van der Waals surface area contributed by atoms with E-state index >= 15 is 0 Å². The van der Waals surface area contributed by atoms with Gasteiger partial charge >= 0.3 is 0 Å². The van der Waals surface area contributed by atoms with Gasteiger partial charge in [-0.15, -0.1) is 22.7 Å². The number of piperidine rings is 1. The number of rotatable bonds is 3. The van der Waals surface area contributed by atoms with Gasteiger partial charge in [0.15, 0.2) is 0 Å². The lowest BCUT2D eigenvalue weighted by atomic mass is 9.92. The summed E-state index contributed by atoms with van der Waals surface area (Å²) in [4.78, 5) is 34.4. The summed E-state index contributed by atoms with van der Waals surface area (Å²) in [5.74, 6) is 0.713. The number of likely N-dealkylation sites (tertiary alicyclic amines) is 1. The summed E-state index contributed by atoms with van der Waals surface area (Å²) in [6, 6.07) is 4.37. The zero-order valence-corrected chi connectivity index (χ0v) is 16.6. The van der Waals surface area contributed by atoms with Gasteiger partial charge in [-0.05, 0) is 43.0 Å². The zero-order chi connectivity index (χ0) is 18.4. The first-order valence-corrected chi connectivity index (χ1v) is 11.3. The van der Waals surface area contributed by atoms with Crippen molar-refractivity contribution < 1.29 is 4.79 Å². The van der Waals surface area contributed by atoms with Crippen LogP contribution in [0.3, 0.4) is 0 Å². The second-order valence-electron chi connectivity index (χ2n) is 7.47. The normalized spacial score (nSPS) is 22.3. The van der Waals surface area contributed by atoms with E-state index in [0.717, 1.165) is 34.7 Å². The Labute approximate surface area is 165 Å². The van der Waals surface area contributed by atoms with Crippen LogP contribution >= 0.6 is 22.7 Å². The maximum absolute atomic E-state index is 13.1. The van der Waals surface area contributed by atoms with E-state index in [9.17, 15) is 9.59 Å². The van der Waals surface area contributed by atoms with E-state index in [4.69, 9.17) is 0 Å². The molecule has 4 heterocycles. The van der Waals surface area contributed by atoms with E-state index in [-0.39, 0.29) is 18.0 Å². The van der Waals surface area contributed by atoms with Gasteiger partial charge in [0.2, 0.25) is 5.91 Å².